The van der Waals surface area contributed by atoms with E-state index in [9.17, 15) is 9.90 Å². The van der Waals surface area contributed by atoms with Crippen LogP contribution in [-0.4, -0.2) is 11.0 Å². The zero-order valence-corrected chi connectivity index (χ0v) is 11.1. The molecule has 1 amide bonds. The summed E-state index contributed by atoms with van der Waals surface area (Å²) in [5.41, 5.74) is 2.17. The molecule has 0 spiro atoms. The molecule has 19 heavy (non-hydrogen) atoms. The van der Waals surface area contributed by atoms with Gasteiger partial charge < -0.3 is 10.4 Å². The van der Waals surface area contributed by atoms with E-state index in [2.05, 4.69) is 19.2 Å². The van der Waals surface area contributed by atoms with Gasteiger partial charge in [0.1, 0.15) is 5.75 Å². The molecule has 0 aliphatic rings. The summed E-state index contributed by atoms with van der Waals surface area (Å²) in [6.07, 6.45) is 0. The summed E-state index contributed by atoms with van der Waals surface area (Å²) in [7, 11) is 0. The van der Waals surface area contributed by atoms with E-state index in [1.54, 1.807) is 18.2 Å². The van der Waals surface area contributed by atoms with Crippen LogP contribution in [0.5, 0.6) is 5.75 Å². The van der Waals surface area contributed by atoms with Gasteiger partial charge >= 0.3 is 0 Å². The zero-order chi connectivity index (χ0) is 13.8. The van der Waals surface area contributed by atoms with E-state index in [0.29, 0.717) is 5.92 Å². The van der Waals surface area contributed by atoms with Crippen molar-refractivity contribution in [2.75, 3.05) is 5.32 Å². The first-order valence-corrected chi connectivity index (χ1v) is 6.27. The fourth-order valence-corrected chi connectivity index (χ4v) is 1.84. The van der Waals surface area contributed by atoms with E-state index < -0.39 is 0 Å². The summed E-state index contributed by atoms with van der Waals surface area (Å²) in [5, 5.41) is 12.4. The average Bonchev–Trinajstić information content (AvgIpc) is 2.39. The van der Waals surface area contributed by atoms with E-state index in [4.69, 9.17) is 0 Å². The predicted octanol–water partition coefficient (Wildman–Crippen LogP) is 3.77. The Hall–Kier alpha value is -2.29. The number of nitrogens with one attached hydrogen (secondary N) is 1. The smallest absolute Gasteiger partial charge is 0.259 e. The molecule has 0 fully saturated rings. The lowest BCUT2D eigenvalue weighted by molar-refractivity contribution is 0.102. The van der Waals surface area contributed by atoms with Gasteiger partial charge in [0.15, 0.2) is 0 Å². The van der Waals surface area contributed by atoms with Gasteiger partial charge in [-0.1, -0.05) is 38.1 Å². The fourth-order valence-electron chi connectivity index (χ4n) is 1.84. The minimum Gasteiger partial charge on any atom is -0.507 e. The molecular formula is C16H17NO2. The highest BCUT2D eigenvalue weighted by atomic mass is 16.3. The van der Waals surface area contributed by atoms with E-state index in [1.165, 1.54) is 6.07 Å². The second-order valence-corrected chi connectivity index (χ2v) is 4.75. The standard InChI is InChI=1S/C16H17NO2/c1-11(2)12-6-5-7-13(10-12)17-16(19)14-8-3-4-9-15(14)18/h3-11,18H,1-2H3,(H,17,19). The SMILES string of the molecule is CC(C)c1cccc(NC(=O)c2ccccc2O)c1. The molecule has 0 aliphatic carbocycles. The van der Waals surface area contributed by atoms with Crippen LogP contribution in [0.3, 0.4) is 0 Å². The molecule has 0 saturated carbocycles. The van der Waals surface area contributed by atoms with Gasteiger partial charge in [0.05, 0.1) is 5.56 Å². The summed E-state index contributed by atoms with van der Waals surface area (Å²) in [5.74, 6) is 0.0843. The summed E-state index contributed by atoms with van der Waals surface area (Å²) in [6, 6.07) is 14.2. The van der Waals surface area contributed by atoms with Gasteiger partial charge in [-0.3, -0.25) is 4.79 Å². The van der Waals surface area contributed by atoms with Crippen LogP contribution in [0.2, 0.25) is 0 Å². The Kier molecular flexibility index (Phi) is 3.85. The average molecular weight is 255 g/mol. The molecule has 0 saturated heterocycles. The van der Waals surface area contributed by atoms with Crippen molar-refractivity contribution in [1.29, 1.82) is 0 Å². The van der Waals surface area contributed by atoms with Crippen molar-refractivity contribution in [3.8, 4) is 5.75 Å². The molecule has 0 bridgehead atoms. The Labute approximate surface area is 112 Å². The number of hydrogen-bond donors (Lipinski definition) is 2. The first-order valence-electron chi connectivity index (χ1n) is 6.27. The number of para-hydroxylation sites is 1. The molecule has 0 radical (unpaired) electrons. The van der Waals surface area contributed by atoms with E-state index >= 15 is 0 Å². The van der Waals surface area contributed by atoms with Crippen molar-refractivity contribution in [3.05, 3.63) is 59.7 Å². The van der Waals surface area contributed by atoms with Gasteiger partial charge in [-0.25, -0.2) is 0 Å². The number of hydrogen-bond acceptors (Lipinski definition) is 2. The van der Waals surface area contributed by atoms with Gasteiger partial charge in [-0.05, 0) is 35.7 Å². The maximum Gasteiger partial charge on any atom is 0.259 e. The molecule has 3 nitrogen and oxygen atoms in total. The molecule has 98 valence electrons. The van der Waals surface area contributed by atoms with Crippen LogP contribution in [0.4, 0.5) is 5.69 Å². The number of phenolic OH excluding ortho intramolecular Hbond substituents is 1. The Morgan fingerprint density at radius 3 is 2.53 bits per heavy atom. The lowest BCUT2D eigenvalue weighted by atomic mass is 10.0. The first kappa shape index (κ1) is 13.1. The predicted molar refractivity (Wildman–Crippen MR) is 76.6 cm³/mol. The molecule has 2 aromatic carbocycles. The number of aromatic hydroxyl groups is 1. The molecule has 0 unspecified atom stereocenters. The number of carbonyl (C=O) groups excluding carboxylic acids is 1. The molecule has 0 aromatic heterocycles. The Balaban J connectivity index is 2.20. The van der Waals surface area contributed by atoms with Crippen molar-refractivity contribution >= 4 is 11.6 Å². The van der Waals surface area contributed by atoms with Crippen LogP contribution < -0.4 is 5.32 Å². The molecule has 2 aromatic rings. The lowest BCUT2D eigenvalue weighted by Crippen LogP contribution is -2.12. The highest BCUT2D eigenvalue weighted by Crippen LogP contribution is 2.21. The zero-order valence-electron chi connectivity index (χ0n) is 11.1. The van der Waals surface area contributed by atoms with Crippen LogP contribution in [0, 0.1) is 0 Å². The second kappa shape index (κ2) is 5.57. The monoisotopic (exact) mass is 255 g/mol. The molecule has 2 N–H and O–H groups in total. The van der Waals surface area contributed by atoms with Crippen molar-refractivity contribution in [1.82, 2.24) is 0 Å². The highest BCUT2D eigenvalue weighted by Gasteiger charge is 2.10. The van der Waals surface area contributed by atoms with Gasteiger partial charge in [0, 0.05) is 5.69 Å². The normalized spacial score (nSPS) is 10.5. The molecule has 2 rings (SSSR count). The third kappa shape index (κ3) is 3.13. The van der Waals surface area contributed by atoms with Gasteiger partial charge in [-0.2, -0.15) is 0 Å². The molecule has 3 heteroatoms. The maximum absolute atomic E-state index is 12.0. The molecular weight excluding hydrogens is 238 g/mol. The second-order valence-electron chi connectivity index (χ2n) is 4.75. The third-order valence-electron chi connectivity index (χ3n) is 2.96. The number of benzene rings is 2. The number of phenols is 1. The Morgan fingerprint density at radius 1 is 1.11 bits per heavy atom. The van der Waals surface area contributed by atoms with Gasteiger partial charge in [0.2, 0.25) is 0 Å². The minimum atomic E-state index is -0.306. The van der Waals surface area contributed by atoms with Crippen LogP contribution in [0.1, 0.15) is 35.7 Å². The molecule has 0 atom stereocenters. The minimum absolute atomic E-state index is 0.0139. The van der Waals surface area contributed by atoms with Crippen LogP contribution in [0.15, 0.2) is 48.5 Å². The Morgan fingerprint density at radius 2 is 1.84 bits per heavy atom. The summed E-state index contributed by atoms with van der Waals surface area (Å²) in [4.78, 5) is 12.0. The first-order chi connectivity index (χ1) is 9.08. The van der Waals surface area contributed by atoms with Crippen molar-refractivity contribution in [2.45, 2.75) is 19.8 Å². The van der Waals surface area contributed by atoms with Crippen LogP contribution in [-0.2, 0) is 0 Å². The van der Waals surface area contributed by atoms with Crippen molar-refractivity contribution in [2.24, 2.45) is 0 Å². The number of rotatable bonds is 3. The van der Waals surface area contributed by atoms with Crippen molar-refractivity contribution in [3.63, 3.8) is 0 Å². The summed E-state index contributed by atoms with van der Waals surface area (Å²) >= 11 is 0. The van der Waals surface area contributed by atoms with Crippen LogP contribution >= 0.6 is 0 Å². The largest absolute Gasteiger partial charge is 0.507 e. The summed E-state index contributed by atoms with van der Waals surface area (Å²) in [6.45, 7) is 4.20. The number of amides is 1. The molecule has 0 aliphatic heterocycles. The fraction of sp³-hybridized carbons (Fsp3) is 0.188. The Bertz CT molecular complexity index is 591. The van der Waals surface area contributed by atoms with Gasteiger partial charge in [0.25, 0.3) is 5.91 Å². The lowest BCUT2D eigenvalue weighted by Gasteiger charge is -2.10. The topological polar surface area (TPSA) is 49.3 Å². The number of carbonyl (C=O) groups is 1. The van der Waals surface area contributed by atoms with E-state index in [-0.39, 0.29) is 17.2 Å². The third-order valence-corrected chi connectivity index (χ3v) is 2.96. The van der Waals surface area contributed by atoms with Crippen molar-refractivity contribution < 1.29 is 9.90 Å². The highest BCUT2D eigenvalue weighted by molar-refractivity contribution is 6.06. The van der Waals surface area contributed by atoms with Crippen LogP contribution in [0.25, 0.3) is 0 Å². The van der Waals surface area contributed by atoms with Gasteiger partial charge in [-0.15, -0.1) is 0 Å². The summed E-state index contributed by atoms with van der Waals surface area (Å²) < 4.78 is 0. The van der Waals surface area contributed by atoms with E-state index in [0.717, 1.165) is 11.3 Å². The quantitative estimate of drug-likeness (QED) is 0.877. The number of anilines is 1. The molecule has 0 heterocycles. The van der Waals surface area contributed by atoms with E-state index in [1.807, 2.05) is 24.3 Å². The maximum atomic E-state index is 12.0.